The van der Waals surface area contributed by atoms with Crippen LogP contribution in [0.2, 0.25) is 0 Å². The zero-order valence-corrected chi connectivity index (χ0v) is 14.8. The lowest BCUT2D eigenvalue weighted by Gasteiger charge is -2.34. The smallest absolute Gasteiger partial charge is 0.315 e. The Morgan fingerprint density at radius 1 is 1.00 bits per heavy atom. The number of hydrogen-bond donors (Lipinski definition) is 2. The number of hydrogen-bond acceptors (Lipinski definition) is 3. The lowest BCUT2D eigenvalue weighted by atomic mass is 9.80. The van der Waals surface area contributed by atoms with E-state index in [0.717, 1.165) is 44.4 Å². The Bertz CT molecular complexity index is 492. The first kappa shape index (κ1) is 17.6. The Hall–Kier alpha value is -0.780. The molecule has 2 aliphatic carbocycles. The third-order valence-corrected chi connectivity index (χ3v) is 6.95. The van der Waals surface area contributed by atoms with E-state index in [1.54, 1.807) is 0 Å². The minimum atomic E-state index is -3.01. The van der Waals surface area contributed by atoms with Gasteiger partial charge < -0.3 is 10.6 Å². The molecule has 0 saturated heterocycles. The summed E-state index contributed by atoms with van der Waals surface area (Å²) >= 11 is 0. The van der Waals surface area contributed by atoms with Crippen LogP contribution in [0, 0.1) is 11.8 Å². The molecular weight excluding hydrogens is 300 g/mol. The topological polar surface area (TPSA) is 75.3 Å². The van der Waals surface area contributed by atoms with E-state index in [1.807, 2.05) is 0 Å². The molecular formula is C16H30N2O3S. The molecule has 5 unspecified atom stereocenters. The SMILES string of the molecule is CC1CCC(NC(=O)NC2CCCC(S(C)(=O)=O)C2)C(C)C1. The van der Waals surface area contributed by atoms with Crippen molar-refractivity contribution in [1.29, 1.82) is 0 Å². The van der Waals surface area contributed by atoms with Crippen molar-refractivity contribution < 1.29 is 13.2 Å². The molecule has 2 saturated carbocycles. The maximum Gasteiger partial charge on any atom is 0.315 e. The molecule has 2 fully saturated rings. The van der Waals surface area contributed by atoms with Crippen LogP contribution in [0.3, 0.4) is 0 Å². The number of sulfone groups is 1. The van der Waals surface area contributed by atoms with Crippen LogP contribution in [0.5, 0.6) is 0 Å². The van der Waals surface area contributed by atoms with E-state index in [1.165, 1.54) is 6.26 Å². The molecule has 2 amide bonds. The van der Waals surface area contributed by atoms with Crippen molar-refractivity contribution in [2.75, 3.05) is 6.26 Å². The van der Waals surface area contributed by atoms with Crippen LogP contribution >= 0.6 is 0 Å². The van der Waals surface area contributed by atoms with E-state index >= 15 is 0 Å². The Labute approximate surface area is 134 Å². The van der Waals surface area contributed by atoms with Gasteiger partial charge >= 0.3 is 6.03 Å². The Kier molecular flexibility index (Phi) is 5.75. The first-order valence-corrected chi connectivity index (χ1v) is 10.5. The lowest BCUT2D eigenvalue weighted by molar-refractivity contribution is 0.201. The molecule has 5 nitrogen and oxygen atoms in total. The molecule has 0 aromatic heterocycles. The van der Waals surface area contributed by atoms with E-state index in [-0.39, 0.29) is 23.4 Å². The summed E-state index contributed by atoms with van der Waals surface area (Å²) in [6.45, 7) is 4.46. The summed E-state index contributed by atoms with van der Waals surface area (Å²) in [6, 6.07) is 0.0855. The Morgan fingerprint density at radius 2 is 1.73 bits per heavy atom. The maximum absolute atomic E-state index is 12.2. The minimum Gasteiger partial charge on any atom is -0.335 e. The summed E-state index contributed by atoms with van der Waals surface area (Å²) in [7, 11) is -3.01. The third-order valence-electron chi connectivity index (χ3n) is 5.31. The maximum atomic E-state index is 12.2. The molecule has 2 aliphatic rings. The minimum absolute atomic E-state index is 0.0219. The molecule has 5 atom stereocenters. The molecule has 2 N–H and O–H groups in total. The predicted octanol–water partition coefficient (Wildman–Crippen LogP) is 2.47. The molecule has 128 valence electrons. The molecule has 22 heavy (non-hydrogen) atoms. The van der Waals surface area contributed by atoms with Crippen molar-refractivity contribution in [2.24, 2.45) is 11.8 Å². The van der Waals surface area contributed by atoms with Crippen LogP contribution in [-0.4, -0.2) is 38.0 Å². The Morgan fingerprint density at radius 3 is 2.36 bits per heavy atom. The molecule has 0 spiro atoms. The van der Waals surface area contributed by atoms with Gasteiger partial charge in [-0.05, 0) is 50.4 Å². The van der Waals surface area contributed by atoms with Gasteiger partial charge in [-0.25, -0.2) is 13.2 Å². The van der Waals surface area contributed by atoms with Gasteiger partial charge in [-0.3, -0.25) is 0 Å². The van der Waals surface area contributed by atoms with Gasteiger partial charge in [-0.15, -0.1) is 0 Å². The van der Waals surface area contributed by atoms with E-state index in [2.05, 4.69) is 24.5 Å². The Balaban J connectivity index is 1.82. The second-order valence-corrected chi connectivity index (χ2v) is 9.76. The average molecular weight is 330 g/mol. The fourth-order valence-electron chi connectivity index (χ4n) is 3.94. The largest absolute Gasteiger partial charge is 0.335 e. The highest BCUT2D eigenvalue weighted by atomic mass is 32.2. The molecule has 0 heterocycles. The van der Waals surface area contributed by atoms with Crippen molar-refractivity contribution in [2.45, 2.75) is 76.1 Å². The van der Waals surface area contributed by atoms with Gasteiger partial charge in [0.1, 0.15) is 9.84 Å². The first-order chi connectivity index (χ1) is 10.3. The molecule has 6 heteroatoms. The third kappa shape index (κ3) is 4.86. The number of carbonyl (C=O) groups is 1. The highest BCUT2D eigenvalue weighted by molar-refractivity contribution is 7.91. The van der Waals surface area contributed by atoms with Crippen LogP contribution < -0.4 is 10.6 Å². The number of nitrogens with one attached hydrogen (secondary N) is 2. The van der Waals surface area contributed by atoms with Crippen molar-refractivity contribution >= 4 is 15.9 Å². The summed E-state index contributed by atoms with van der Waals surface area (Å²) in [6.07, 6.45) is 7.65. The standard InChI is InChI=1S/C16H30N2O3S/c1-11-7-8-15(12(2)9-11)18-16(19)17-13-5-4-6-14(10-13)22(3,20)21/h11-15H,4-10H2,1-3H3,(H2,17,18,19). The van der Waals surface area contributed by atoms with E-state index in [4.69, 9.17) is 0 Å². The van der Waals surface area contributed by atoms with Gasteiger partial charge in [0, 0.05) is 18.3 Å². The van der Waals surface area contributed by atoms with Gasteiger partial charge in [0.15, 0.2) is 0 Å². The summed E-state index contributed by atoms with van der Waals surface area (Å²) in [4.78, 5) is 12.2. The van der Waals surface area contributed by atoms with Gasteiger partial charge in [-0.1, -0.05) is 20.3 Å². The van der Waals surface area contributed by atoms with Crippen LogP contribution in [-0.2, 0) is 9.84 Å². The zero-order valence-electron chi connectivity index (χ0n) is 14.0. The molecule has 2 rings (SSSR count). The van der Waals surface area contributed by atoms with Crippen molar-refractivity contribution in [1.82, 2.24) is 10.6 Å². The number of urea groups is 1. The van der Waals surface area contributed by atoms with Gasteiger partial charge in [0.25, 0.3) is 0 Å². The van der Waals surface area contributed by atoms with Crippen molar-refractivity contribution in [3.8, 4) is 0 Å². The average Bonchev–Trinajstić information content (AvgIpc) is 2.41. The van der Waals surface area contributed by atoms with Crippen LogP contribution in [0.25, 0.3) is 0 Å². The second-order valence-electron chi connectivity index (χ2n) is 7.43. The van der Waals surface area contributed by atoms with Crippen LogP contribution in [0.4, 0.5) is 4.79 Å². The summed E-state index contributed by atoms with van der Waals surface area (Å²) in [5.74, 6) is 1.24. The number of rotatable bonds is 3. The van der Waals surface area contributed by atoms with Crippen molar-refractivity contribution in [3.63, 3.8) is 0 Å². The second kappa shape index (κ2) is 7.20. The van der Waals surface area contributed by atoms with Gasteiger partial charge in [0.2, 0.25) is 0 Å². The van der Waals surface area contributed by atoms with Gasteiger partial charge in [-0.2, -0.15) is 0 Å². The monoisotopic (exact) mass is 330 g/mol. The van der Waals surface area contributed by atoms with Crippen LogP contribution in [0.1, 0.15) is 58.8 Å². The molecule has 0 aliphatic heterocycles. The zero-order chi connectivity index (χ0) is 16.3. The highest BCUT2D eigenvalue weighted by Gasteiger charge is 2.31. The normalized spacial score (nSPS) is 36.6. The first-order valence-electron chi connectivity index (χ1n) is 8.51. The summed E-state index contributed by atoms with van der Waals surface area (Å²) < 4.78 is 23.4. The van der Waals surface area contributed by atoms with E-state index in [9.17, 15) is 13.2 Å². The molecule has 0 aromatic carbocycles. The van der Waals surface area contributed by atoms with Crippen molar-refractivity contribution in [3.05, 3.63) is 0 Å². The fraction of sp³-hybridized carbons (Fsp3) is 0.938. The molecule has 0 aromatic rings. The predicted molar refractivity (Wildman–Crippen MR) is 88.5 cm³/mol. The summed E-state index contributed by atoms with van der Waals surface area (Å²) in [5, 5.41) is 5.77. The van der Waals surface area contributed by atoms with E-state index < -0.39 is 9.84 Å². The quantitative estimate of drug-likeness (QED) is 0.834. The highest BCUT2D eigenvalue weighted by Crippen LogP contribution is 2.28. The number of amides is 2. The molecule has 0 bridgehead atoms. The van der Waals surface area contributed by atoms with Crippen LogP contribution in [0.15, 0.2) is 0 Å². The summed E-state index contributed by atoms with van der Waals surface area (Å²) in [5.41, 5.74) is 0. The fourth-order valence-corrected chi connectivity index (χ4v) is 5.12. The van der Waals surface area contributed by atoms with E-state index in [0.29, 0.717) is 12.3 Å². The molecule has 0 radical (unpaired) electrons. The number of carbonyl (C=O) groups excluding carboxylic acids is 1. The lowest BCUT2D eigenvalue weighted by Crippen LogP contribution is -2.51. The van der Waals surface area contributed by atoms with Gasteiger partial charge in [0.05, 0.1) is 5.25 Å².